The number of carbonyl (C=O) groups is 4. The second-order valence-electron chi connectivity index (χ2n) is 22.9. The predicted octanol–water partition coefficient (Wildman–Crippen LogP) is 10.4. The van der Waals surface area contributed by atoms with E-state index in [-0.39, 0.29) is 85.6 Å². The molecule has 8 aliphatic carbocycles. The van der Waals surface area contributed by atoms with E-state index >= 15 is 0 Å². The zero-order valence-corrected chi connectivity index (χ0v) is 43.5. The number of unbranched alkanes of at least 4 members (excludes halogenated alkanes) is 4. The van der Waals surface area contributed by atoms with Crippen molar-refractivity contribution in [1.29, 1.82) is 0 Å². The topological polar surface area (TPSA) is 146 Å². The maximum absolute atomic E-state index is 12.2. The van der Waals surface area contributed by atoms with Gasteiger partial charge in [-0.3, -0.25) is 9.59 Å². The molecule has 0 aliphatic heterocycles. The first-order chi connectivity index (χ1) is 30.9. The number of carbonyl (C=O) groups excluding carboxylic acids is 4. The van der Waals surface area contributed by atoms with Crippen molar-refractivity contribution in [2.75, 3.05) is 13.2 Å². The summed E-state index contributed by atoms with van der Waals surface area (Å²) in [5.41, 5.74) is 1.59. The number of aliphatic hydroxyl groups is 2. The van der Waals surface area contributed by atoms with Crippen LogP contribution in [0.25, 0.3) is 0 Å². The zero-order valence-electron chi connectivity index (χ0n) is 40.4. The Balaban J connectivity index is 0.000000194. The third-order valence-corrected chi connectivity index (χ3v) is 21.2. The number of rotatable bonds is 15. The van der Waals surface area contributed by atoms with Crippen molar-refractivity contribution < 1.29 is 48.3 Å². The summed E-state index contributed by atoms with van der Waals surface area (Å²) < 4.78 is 24.1. The lowest BCUT2D eigenvalue weighted by atomic mass is 9.44. The molecule has 368 valence electrons. The number of esters is 2. The molecule has 7 saturated carbocycles. The first-order valence-corrected chi connectivity index (χ1v) is 27.6. The summed E-state index contributed by atoms with van der Waals surface area (Å²) in [6.07, 6.45) is 22.4. The summed E-state index contributed by atoms with van der Waals surface area (Å²) in [7, 11) is 0. The summed E-state index contributed by atoms with van der Waals surface area (Å²) in [6, 6.07) is 0. The first-order valence-electron chi connectivity index (χ1n) is 25.8. The van der Waals surface area contributed by atoms with Crippen LogP contribution in [0.4, 0.5) is 0 Å². The van der Waals surface area contributed by atoms with Crippen LogP contribution in [0.15, 0.2) is 11.6 Å². The maximum atomic E-state index is 12.2. The van der Waals surface area contributed by atoms with E-state index in [0.717, 1.165) is 122 Å². The van der Waals surface area contributed by atoms with E-state index < -0.39 is 6.10 Å². The van der Waals surface area contributed by atoms with Crippen LogP contribution in [0.3, 0.4) is 0 Å². The molecule has 19 atom stereocenters. The Labute approximate surface area is 406 Å². The van der Waals surface area contributed by atoms with E-state index in [1.54, 1.807) is 0 Å². The van der Waals surface area contributed by atoms with Gasteiger partial charge in [-0.2, -0.15) is 0 Å². The molecule has 0 spiro atoms. The van der Waals surface area contributed by atoms with Crippen LogP contribution < -0.4 is 0 Å². The minimum absolute atomic E-state index is 0.0633. The molecular formula is C53H82Br2O10. The van der Waals surface area contributed by atoms with E-state index in [2.05, 4.69) is 65.6 Å². The average molecular weight is 1040 g/mol. The Morgan fingerprint density at radius 3 is 1.85 bits per heavy atom. The lowest BCUT2D eigenvalue weighted by Gasteiger charge is -2.62. The molecule has 0 heterocycles. The van der Waals surface area contributed by atoms with Crippen LogP contribution in [0.5, 0.6) is 0 Å². The molecule has 0 radical (unpaired) electrons. The van der Waals surface area contributed by atoms with Gasteiger partial charge in [-0.25, -0.2) is 0 Å². The van der Waals surface area contributed by atoms with Gasteiger partial charge in [0.1, 0.15) is 24.8 Å². The molecule has 10 nitrogen and oxygen atoms in total. The predicted molar refractivity (Wildman–Crippen MR) is 257 cm³/mol. The van der Waals surface area contributed by atoms with Gasteiger partial charge in [-0.15, -0.1) is 0 Å². The SMILES string of the molecule is CC(=O)OC1[C@H](Br)CC2C3C(CC[C@@]21C)[C@@]1(C)CC[C@H](OCCCCC=O)CC1=C[C@@H]3O.CCC(=O)O[C@H]1[C@H](Br)CC2C3C(CC[C@@]21C)[C@@]1(C)CC[C@H](OCCCCC=O)CC1C[C@@H]3O. The van der Waals surface area contributed by atoms with E-state index in [1.807, 2.05) is 6.92 Å². The molecule has 0 amide bonds. The lowest BCUT2D eigenvalue weighted by molar-refractivity contribution is -0.187. The fourth-order valence-corrected chi connectivity index (χ4v) is 18.2. The highest BCUT2D eigenvalue weighted by atomic mass is 79.9. The number of fused-ring (bicyclic) bond motifs is 10. The Hall–Kier alpha value is -1.18. The molecule has 0 aromatic heterocycles. The number of aldehydes is 2. The van der Waals surface area contributed by atoms with E-state index in [4.69, 9.17) is 18.9 Å². The highest BCUT2D eigenvalue weighted by molar-refractivity contribution is 9.09. The van der Waals surface area contributed by atoms with Gasteiger partial charge in [0.25, 0.3) is 0 Å². The van der Waals surface area contributed by atoms with Crippen molar-refractivity contribution in [2.24, 2.45) is 63.1 Å². The zero-order chi connectivity index (χ0) is 46.9. The molecule has 8 unspecified atom stereocenters. The van der Waals surface area contributed by atoms with Gasteiger partial charge in [0.15, 0.2) is 0 Å². The number of halogens is 2. The number of hydrogen-bond donors (Lipinski definition) is 2. The van der Waals surface area contributed by atoms with E-state index in [9.17, 15) is 29.4 Å². The van der Waals surface area contributed by atoms with Crippen LogP contribution in [-0.4, -0.2) is 94.2 Å². The Morgan fingerprint density at radius 2 is 1.25 bits per heavy atom. The first kappa shape index (κ1) is 51.7. The Kier molecular flexibility index (Phi) is 17.0. The fraction of sp³-hybridized carbons (Fsp3) is 0.887. The van der Waals surface area contributed by atoms with Crippen molar-refractivity contribution in [2.45, 2.75) is 216 Å². The number of hydrogen-bond acceptors (Lipinski definition) is 10. The lowest BCUT2D eigenvalue weighted by Crippen LogP contribution is -2.59. The highest BCUT2D eigenvalue weighted by Crippen LogP contribution is 2.68. The molecule has 8 rings (SSSR count). The van der Waals surface area contributed by atoms with Gasteiger partial charge in [-0.05, 0) is 161 Å². The Bertz CT molecular complexity index is 1710. The average Bonchev–Trinajstić information content (AvgIpc) is 3.67. The van der Waals surface area contributed by atoms with Gasteiger partial charge in [0, 0.05) is 50.2 Å². The van der Waals surface area contributed by atoms with E-state index in [0.29, 0.717) is 55.5 Å². The molecule has 0 saturated heterocycles. The minimum Gasteiger partial charge on any atom is -0.461 e. The van der Waals surface area contributed by atoms with Gasteiger partial charge < -0.3 is 38.7 Å². The second kappa shape index (κ2) is 21.4. The van der Waals surface area contributed by atoms with Crippen LogP contribution in [0, 0.1) is 63.1 Å². The largest absolute Gasteiger partial charge is 0.461 e. The smallest absolute Gasteiger partial charge is 0.305 e. The van der Waals surface area contributed by atoms with Crippen LogP contribution in [0.2, 0.25) is 0 Å². The molecule has 7 fully saturated rings. The number of aliphatic hydroxyl groups excluding tert-OH is 2. The maximum Gasteiger partial charge on any atom is 0.305 e. The summed E-state index contributed by atoms with van der Waals surface area (Å²) >= 11 is 7.67. The second-order valence-corrected chi connectivity index (χ2v) is 25.3. The summed E-state index contributed by atoms with van der Waals surface area (Å²) in [5.74, 6) is 2.38. The van der Waals surface area contributed by atoms with Gasteiger partial charge in [-0.1, -0.05) is 78.1 Å². The fourth-order valence-electron chi connectivity index (χ4n) is 15.9. The molecular weight excluding hydrogens is 956 g/mol. The van der Waals surface area contributed by atoms with Crippen molar-refractivity contribution >= 4 is 56.4 Å². The van der Waals surface area contributed by atoms with Crippen LogP contribution in [0.1, 0.15) is 170 Å². The van der Waals surface area contributed by atoms with E-state index in [1.165, 1.54) is 18.9 Å². The quantitative estimate of drug-likeness (QED) is 0.0534. The van der Waals surface area contributed by atoms with Crippen molar-refractivity contribution in [1.82, 2.24) is 0 Å². The number of alkyl halides is 2. The van der Waals surface area contributed by atoms with Crippen molar-refractivity contribution in [3.63, 3.8) is 0 Å². The summed E-state index contributed by atoms with van der Waals surface area (Å²) in [4.78, 5) is 45.2. The molecule has 65 heavy (non-hydrogen) atoms. The molecule has 12 heteroatoms. The van der Waals surface area contributed by atoms with Gasteiger partial charge in [0.2, 0.25) is 0 Å². The third-order valence-electron chi connectivity index (χ3n) is 19.5. The molecule has 8 aliphatic rings. The third kappa shape index (κ3) is 10.2. The van der Waals surface area contributed by atoms with Crippen LogP contribution in [-0.2, 0) is 38.1 Å². The normalized spacial score (nSPS) is 46.0. The van der Waals surface area contributed by atoms with Gasteiger partial charge in [0.05, 0.1) is 34.1 Å². The minimum atomic E-state index is -0.449. The molecule has 2 N–H and O–H groups in total. The van der Waals surface area contributed by atoms with Crippen molar-refractivity contribution in [3.8, 4) is 0 Å². The van der Waals surface area contributed by atoms with Crippen LogP contribution >= 0.6 is 31.9 Å². The standard InChI is InChI=1S/C27H43BrO5.C26H39BrO5/c1-4-23(31)33-25-21(28)16-20-24-19(9-11-27(20,25)3)26(2)10-8-18(14-17(26)15-22(24)30)32-13-7-5-6-12-29;1-16(29)32-24-21(27)15-20-23-19(8-10-26(20,24)3)25(2)9-7-18(13-17(25)14-22(23)30)31-12-6-4-5-11-28/h12,17-22,24-25,30H,4-11,13-16H2,1-3H3;11,14,18-24,30H,4-10,12-13,15H2,1-3H3/t17?,18-,19?,20?,21+,22-,24?,25-,26-,27-;18-,19?,20?,21+,22-,23?,24?,25-,26-/m00/s1. The monoisotopic (exact) mass is 1040 g/mol. The van der Waals surface area contributed by atoms with Crippen molar-refractivity contribution in [3.05, 3.63) is 11.6 Å². The number of ether oxygens (including phenoxy) is 4. The highest BCUT2D eigenvalue weighted by Gasteiger charge is 2.66. The summed E-state index contributed by atoms with van der Waals surface area (Å²) in [5, 5.41) is 22.8. The molecule has 0 bridgehead atoms. The summed E-state index contributed by atoms with van der Waals surface area (Å²) in [6.45, 7) is 14.3. The molecule has 0 aromatic rings. The molecule has 0 aromatic carbocycles. The Morgan fingerprint density at radius 1 is 0.692 bits per heavy atom. The van der Waals surface area contributed by atoms with Gasteiger partial charge >= 0.3 is 11.9 Å².